The van der Waals surface area contributed by atoms with Crippen LogP contribution in [0.5, 0.6) is 0 Å². The predicted octanol–water partition coefficient (Wildman–Crippen LogP) is 14.1. The van der Waals surface area contributed by atoms with Gasteiger partial charge in [-0.05, 0) is 111 Å². The summed E-state index contributed by atoms with van der Waals surface area (Å²) < 4.78 is 0. The first-order valence-electron chi connectivity index (χ1n) is 17.9. The van der Waals surface area contributed by atoms with Crippen molar-refractivity contribution in [3.8, 4) is 55.6 Å². The highest BCUT2D eigenvalue weighted by Gasteiger charge is 2.35. The predicted molar refractivity (Wildman–Crippen MR) is 218 cm³/mol. The molecular weight excluding hydrogens is 613 g/mol. The van der Waals surface area contributed by atoms with E-state index in [1.807, 2.05) is 0 Å². The molecule has 0 unspecified atom stereocenters. The maximum atomic E-state index is 2.46. The first-order valence-corrected chi connectivity index (χ1v) is 17.9. The van der Waals surface area contributed by atoms with Gasteiger partial charge in [0.25, 0.3) is 0 Å². The van der Waals surface area contributed by atoms with Crippen molar-refractivity contribution >= 4 is 32.3 Å². The average molecular weight is 649 g/mol. The monoisotopic (exact) mass is 648 g/mol. The summed E-state index contributed by atoms with van der Waals surface area (Å²) >= 11 is 0. The molecule has 240 valence electrons. The zero-order valence-electron chi connectivity index (χ0n) is 28.8. The van der Waals surface area contributed by atoms with Crippen LogP contribution in [0.1, 0.15) is 25.0 Å². The number of hydrogen-bond acceptors (Lipinski definition) is 0. The standard InChI is InChI=1S/C51H36/c1-51(2)47-22-11-10-18-41(47)45-32-38(28-30-48(45)51)50-43-20-9-8-19-42(43)49(44-29-27-37(31-46(44)50)33-13-4-3-5-14-33)36-25-23-35(24-26-36)40-21-12-16-34-15-6-7-17-39(34)40/h3-32H,1-2H3. The summed E-state index contributed by atoms with van der Waals surface area (Å²) in [4.78, 5) is 0. The lowest BCUT2D eigenvalue weighted by atomic mass is 9.81. The van der Waals surface area contributed by atoms with Gasteiger partial charge < -0.3 is 0 Å². The van der Waals surface area contributed by atoms with Gasteiger partial charge in [-0.25, -0.2) is 0 Å². The highest BCUT2D eigenvalue weighted by molar-refractivity contribution is 6.22. The zero-order valence-corrected chi connectivity index (χ0v) is 28.8. The summed E-state index contributed by atoms with van der Waals surface area (Å²) in [5.74, 6) is 0. The van der Waals surface area contributed by atoms with Crippen LogP contribution in [0.15, 0.2) is 182 Å². The van der Waals surface area contributed by atoms with E-state index >= 15 is 0 Å². The molecule has 0 aromatic heterocycles. The second-order valence-electron chi connectivity index (χ2n) is 14.5. The van der Waals surface area contributed by atoms with Crippen LogP contribution in [-0.2, 0) is 5.41 Å². The van der Waals surface area contributed by atoms with Crippen molar-refractivity contribution in [1.82, 2.24) is 0 Å². The Bertz CT molecular complexity index is 2790. The van der Waals surface area contributed by atoms with E-state index in [0.29, 0.717) is 0 Å². The lowest BCUT2D eigenvalue weighted by molar-refractivity contribution is 0.660. The third-order valence-corrected chi connectivity index (χ3v) is 11.3. The number of fused-ring (bicyclic) bond motifs is 6. The fourth-order valence-electron chi connectivity index (χ4n) is 8.78. The van der Waals surface area contributed by atoms with Crippen molar-refractivity contribution in [2.45, 2.75) is 19.3 Å². The smallest absolute Gasteiger partial charge is 0.0158 e. The molecular formula is C51H36. The fourth-order valence-corrected chi connectivity index (χ4v) is 8.78. The molecule has 9 aromatic carbocycles. The lowest BCUT2D eigenvalue weighted by Gasteiger charge is -2.22. The van der Waals surface area contributed by atoms with E-state index in [0.717, 1.165) is 0 Å². The Kier molecular flexibility index (Phi) is 6.63. The van der Waals surface area contributed by atoms with Crippen LogP contribution in [0, 0.1) is 0 Å². The fraction of sp³-hybridized carbons (Fsp3) is 0.0588. The summed E-state index contributed by atoms with van der Waals surface area (Å²) in [6.07, 6.45) is 0. The van der Waals surface area contributed by atoms with Gasteiger partial charge in [0.1, 0.15) is 0 Å². The minimum atomic E-state index is -0.0306. The molecule has 0 saturated heterocycles. The molecule has 51 heavy (non-hydrogen) atoms. The van der Waals surface area contributed by atoms with Gasteiger partial charge in [0.2, 0.25) is 0 Å². The average Bonchev–Trinajstić information content (AvgIpc) is 3.42. The van der Waals surface area contributed by atoms with Gasteiger partial charge in [-0.1, -0.05) is 184 Å². The first-order chi connectivity index (χ1) is 25.1. The van der Waals surface area contributed by atoms with E-state index in [1.165, 1.54) is 99.1 Å². The molecule has 0 amide bonds. The molecule has 10 rings (SSSR count). The largest absolute Gasteiger partial charge is 0.0622 e. The Morgan fingerprint density at radius 3 is 1.65 bits per heavy atom. The summed E-state index contributed by atoms with van der Waals surface area (Å²) in [5.41, 5.74) is 15.5. The zero-order chi connectivity index (χ0) is 34.1. The molecule has 0 spiro atoms. The second kappa shape index (κ2) is 11.4. The van der Waals surface area contributed by atoms with Crippen LogP contribution < -0.4 is 0 Å². The van der Waals surface area contributed by atoms with E-state index < -0.39 is 0 Å². The minimum Gasteiger partial charge on any atom is -0.0622 e. The lowest BCUT2D eigenvalue weighted by Crippen LogP contribution is -2.14. The highest BCUT2D eigenvalue weighted by atomic mass is 14.4. The van der Waals surface area contributed by atoms with E-state index in [9.17, 15) is 0 Å². The highest BCUT2D eigenvalue weighted by Crippen LogP contribution is 2.51. The van der Waals surface area contributed by atoms with Crippen molar-refractivity contribution in [3.63, 3.8) is 0 Å². The van der Waals surface area contributed by atoms with Gasteiger partial charge in [0.05, 0.1) is 0 Å². The van der Waals surface area contributed by atoms with Crippen LogP contribution in [0.2, 0.25) is 0 Å². The van der Waals surface area contributed by atoms with E-state index in [2.05, 4.69) is 196 Å². The third-order valence-electron chi connectivity index (χ3n) is 11.3. The van der Waals surface area contributed by atoms with Gasteiger partial charge in [0, 0.05) is 5.41 Å². The van der Waals surface area contributed by atoms with Crippen molar-refractivity contribution in [3.05, 3.63) is 193 Å². The molecule has 0 heterocycles. The first kappa shape index (κ1) is 29.7. The summed E-state index contributed by atoms with van der Waals surface area (Å²) in [6.45, 7) is 4.71. The van der Waals surface area contributed by atoms with Gasteiger partial charge in [0.15, 0.2) is 0 Å². The van der Waals surface area contributed by atoms with Crippen LogP contribution >= 0.6 is 0 Å². The van der Waals surface area contributed by atoms with E-state index in [4.69, 9.17) is 0 Å². The van der Waals surface area contributed by atoms with Gasteiger partial charge in [-0.2, -0.15) is 0 Å². The Balaban J connectivity index is 1.23. The number of benzene rings is 9. The Hall–Kier alpha value is -6.24. The van der Waals surface area contributed by atoms with Crippen LogP contribution in [0.4, 0.5) is 0 Å². The quantitative estimate of drug-likeness (QED) is 0.167. The van der Waals surface area contributed by atoms with Crippen LogP contribution in [0.3, 0.4) is 0 Å². The SMILES string of the molecule is CC1(C)c2ccccc2-c2cc(-c3c4ccccc4c(-c4ccc(-c5cccc6ccccc56)cc4)c4ccc(-c5ccccc5)cc34)ccc21. The van der Waals surface area contributed by atoms with E-state index in [-0.39, 0.29) is 5.41 Å². The number of rotatable bonds is 4. The molecule has 0 radical (unpaired) electrons. The molecule has 0 heteroatoms. The molecule has 0 aliphatic heterocycles. The molecule has 0 N–H and O–H groups in total. The number of hydrogen-bond donors (Lipinski definition) is 0. The Labute approximate surface area is 299 Å². The molecule has 1 aliphatic rings. The minimum absolute atomic E-state index is 0.0306. The van der Waals surface area contributed by atoms with Crippen molar-refractivity contribution < 1.29 is 0 Å². The maximum Gasteiger partial charge on any atom is 0.0158 e. The Morgan fingerprint density at radius 2 is 0.843 bits per heavy atom. The molecule has 0 saturated carbocycles. The van der Waals surface area contributed by atoms with Crippen LogP contribution in [-0.4, -0.2) is 0 Å². The van der Waals surface area contributed by atoms with Crippen molar-refractivity contribution in [1.29, 1.82) is 0 Å². The van der Waals surface area contributed by atoms with Crippen molar-refractivity contribution in [2.24, 2.45) is 0 Å². The van der Waals surface area contributed by atoms with Crippen molar-refractivity contribution in [2.75, 3.05) is 0 Å². The normalized spacial score (nSPS) is 13.1. The molecule has 0 bridgehead atoms. The third kappa shape index (κ3) is 4.60. The van der Waals surface area contributed by atoms with Gasteiger partial charge >= 0.3 is 0 Å². The van der Waals surface area contributed by atoms with E-state index in [1.54, 1.807) is 0 Å². The van der Waals surface area contributed by atoms with Crippen LogP contribution in [0.25, 0.3) is 88.0 Å². The summed E-state index contributed by atoms with van der Waals surface area (Å²) in [6, 6.07) is 67.5. The van der Waals surface area contributed by atoms with Gasteiger partial charge in [-0.3, -0.25) is 0 Å². The molecule has 0 nitrogen and oxygen atoms in total. The Morgan fingerprint density at radius 1 is 0.294 bits per heavy atom. The van der Waals surface area contributed by atoms with Gasteiger partial charge in [-0.15, -0.1) is 0 Å². The second-order valence-corrected chi connectivity index (χ2v) is 14.5. The molecule has 0 atom stereocenters. The summed E-state index contributed by atoms with van der Waals surface area (Å²) in [7, 11) is 0. The maximum absolute atomic E-state index is 2.46. The molecule has 0 fully saturated rings. The summed E-state index contributed by atoms with van der Waals surface area (Å²) in [5, 5.41) is 7.62. The topological polar surface area (TPSA) is 0 Å². The molecule has 1 aliphatic carbocycles. The molecule has 9 aromatic rings.